The molecule has 1 aromatic rings. The zero-order chi connectivity index (χ0) is 10.3. The first-order valence-corrected chi connectivity index (χ1v) is 4.49. The van der Waals surface area contributed by atoms with Crippen LogP contribution in [0.3, 0.4) is 0 Å². The zero-order valence-electron chi connectivity index (χ0n) is 7.76. The normalized spacial score (nSPS) is 25.4. The third-order valence-electron chi connectivity index (χ3n) is 2.34. The lowest BCUT2D eigenvalue weighted by Gasteiger charge is -2.28. The molecule has 0 aliphatic carbocycles. The summed E-state index contributed by atoms with van der Waals surface area (Å²) < 4.78 is 31.4. The van der Waals surface area contributed by atoms with Crippen molar-refractivity contribution >= 4 is 0 Å². The van der Waals surface area contributed by atoms with Gasteiger partial charge in [-0.05, 0) is 13.0 Å². The number of ether oxygens (including phenoxy) is 1. The van der Waals surface area contributed by atoms with E-state index in [0.29, 0.717) is 12.0 Å². The van der Waals surface area contributed by atoms with Crippen molar-refractivity contribution in [3.05, 3.63) is 29.3 Å². The molecular formula is C10H11F2NO. The fraction of sp³-hybridized carbons (Fsp3) is 0.400. The van der Waals surface area contributed by atoms with Crippen LogP contribution < -0.4 is 10.5 Å². The van der Waals surface area contributed by atoms with E-state index in [4.69, 9.17) is 10.5 Å². The Kier molecular flexibility index (Phi) is 2.15. The predicted molar refractivity (Wildman–Crippen MR) is 48.0 cm³/mol. The van der Waals surface area contributed by atoms with Crippen molar-refractivity contribution in [3.63, 3.8) is 0 Å². The highest BCUT2D eigenvalue weighted by Gasteiger charge is 2.26. The second-order valence-electron chi connectivity index (χ2n) is 3.58. The minimum absolute atomic E-state index is 0.0950. The third-order valence-corrected chi connectivity index (χ3v) is 2.34. The molecule has 2 atom stereocenters. The largest absolute Gasteiger partial charge is 0.487 e. The summed E-state index contributed by atoms with van der Waals surface area (Å²) in [5.41, 5.74) is 6.18. The number of hydrogen-bond donors (Lipinski definition) is 1. The van der Waals surface area contributed by atoms with Crippen molar-refractivity contribution in [2.24, 2.45) is 5.73 Å². The van der Waals surface area contributed by atoms with E-state index in [1.807, 2.05) is 6.92 Å². The van der Waals surface area contributed by atoms with Crippen LogP contribution in [-0.4, -0.2) is 6.10 Å². The van der Waals surface area contributed by atoms with E-state index in [1.54, 1.807) is 0 Å². The maximum atomic E-state index is 13.3. The van der Waals surface area contributed by atoms with Crippen molar-refractivity contribution in [3.8, 4) is 5.75 Å². The van der Waals surface area contributed by atoms with E-state index in [2.05, 4.69) is 0 Å². The lowest BCUT2D eigenvalue weighted by Crippen LogP contribution is -2.28. The number of halogens is 2. The lowest BCUT2D eigenvalue weighted by molar-refractivity contribution is 0.167. The van der Waals surface area contributed by atoms with Crippen LogP contribution in [0.1, 0.15) is 24.9 Å². The van der Waals surface area contributed by atoms with Gasteiger partial charge in [0.2, 0.25) is 0 Å². The molecule has 4 heteroatoms. The average molecular weight is 199 g/mol. The van der Waals surface area contributed by atoms with Gasteiger partial charge in [-0.2, -0.15) is 0 Å². The van der Waals surface area contributed by atoms with Crippen LogP contribution in [0.2, 0.25) is 0 Å². The summed E-state index contributed by atoms with van der Waals surface area (Å²) in [5, 5.41) is 0. The standard InChI is InChI=1S/C10H11F2NO/c1-5-2-9(13)7-3-6(11)4-8(12)10(7)14-5/h3-5,9H,2,13H2,1H3. The fourth-order valence-corrected chi connectivity index (χ4v) is 1.71. The summed E-state index contributed by atoms with van der Waals surface area (Å²) >= 11 is 0. The van der Waals surface area contributed by atoms with E-state index in [-0.39, 0.29) is 17.9 Å². The quantitative estimate of drug-likeness (QED) is 0.694. The van der Waals surface area contributed by atoms with Gasteiger partial charge in [0.15, 0.2) is 11.6 Å². The van der Waals surface area contributed by atoms with Crippen molar-refractivity contribution in [2.45, 2.75) is 25.5 Å². The molecule has 0 saturated heterocycles. The maximum Gasteiger partial charge on any atom is 0.168 e. The molecule has 0 aromatic heterocycles. The first kappa shape index (κ1) is 9.40. The van der Waals surface area contributed by atoms with Gasteiger partial charge in [-0.15, -0.1) is 0 Å². The molecule has 1 heterocycles. The Hall–Kier alpha value is -1.16. The molecule has 0 spiro atoms. The van der Waals surface area contributed by atoms with E-state index in [0.717, 1.165) is 6.07 Å². The molecule has 0 radical (unpaired) electrons. The summed E-state index contributed by atoms with van der Waals surface area (Å²) in [7, 11) is 0. The van der Waals surface area contributed by atoms with Gasteiger partial charge in [-0.3, -0.25) is 0 Å². The molecule has 0 bridgehead atoms. The smallest absolute Gasteiger partial charge is 0.168 e. The molecule has 1 aromatic carbocycles. The summed E-state index contributed by atoms with van der Waals surface area (Å²) in [4.78, 5) is 0. The second-order valence-corrected chi connectivity index (χ2v) is 3.58. The molecule has 2 rings (SSSR count). The van der Waals surface area contributed by atoms with Crippen molar-refractivity contribution < 1.29 is 13.5 Å². The van der Waals surface area contributed by atoms with E-state index in [1.165, 1.54) is 6.07 Å². The monoisotopic (exact) mass is 199 g/mol. The minimum atomic E-state index is -0.679. The molecule has 0 fully saturated rings. The Balaban J connectivity index is 2.53. The van der Waals surface area contributed by atoms with E-state index < -0.39 is 11.6 Å². The van der Waals surface area contributed by atoms with E-state index >= 15 is 0 Å². The first-order chi connectivity index (χ1) is 6.58. The summed E-state index contributed by atoms with van der Waals surface area (Å²) in [5.74, 6) is -1.20. The van der Waals surface area contributed by atoms with Crippen LogP contribution in [0, 0.1) is 11.6 Å². The minimum Gasteiger partial charge on any atom is -0.487 e. The Morgan fingerprint density at radius 2 is 2.14 bits per heavy atom. The summed E-state index contributed by atoms with van der Waals surface area (Å²) in [6.07, 6.45) is 0.452. The zero-order valence-corrected chi connectivity index (χ0v) is 7.76. The van der Waals surface area contributed by atoms with Crippen molar-refractivity contribution in [1.82, 2.24) is 0 Å². The van der Waals surface area contributed by atoms with Crippen molar-refractivity contribution in [2.75, 3.05) is 0 Å². The number of rotatable bonds is 0. The molecule has 2 N–H and O–H groups in total. The summed E-state index contributed by atoms with van der Waals surface area (Å²) in [6.45, 7) is 1.81. The molecule has 2 nitrogen and oxygen atoms in total. The van der Waals surface area contributed by atoms with Crippen LogP contribution in [0.4, 0.5) is 8.78 Å². The second kappa shape index (κ2) is 3.20. The van der Waals surface area contributed by atoms with Gasteiger partial charge in [0.05, 0.1) is 6.10 Å². The third kappa shape index (κ3) is 1.46. The lowest BCUT2D eigenvalue weighted by atomic mass is 9.97. The summed E-state index contributed by atoms with van der Waals surface area (Å²) in [6, 6.07) is 1.69. The van der Waals surface area contributed by atoms with Gasteiger partial charge in [0, 0.05) is 24.1 Å². The highest BCUT2D eigenvalue weighted by molar-refractivity contribution is 5.39. The molecule has 14 heavy (non-hydrogen) atoms. The van der Waals surface area contributed by atoms with Gasteiger partial charge >= 0.3 is 0 Å². The van der Waals surface area contributed by atoms with Crippen molar-refractivity contribution in [1.29, 1.82) is 0 Å². The topological polar surface area (TPSA) is 35.2 Å². The fourth-order valence-electron chi connectivity index (χ4n) is 1.71. The number of hydrogen-bond acceptors (Lipinski definition) is 2. The Labute approximate surface area is 80.7 Å². The molecule has 76 valence electrons. The number of nitrogens with two attached hydrogens (primary N) is 1. The highest BCUT2D eigenvalue weighted by Crippen LogP contribution is 2.35. The van der Waals surface area contributed by atoms with E-state index in [9.17, 15) is 8.78 Å². The molecule has 1 aliphatic heterocycles. The Bertz CT molecular complexity index is 367. The van der Waals surface area contributed by atoms with Crippen LogP contribution in [0.25, 0.3) is 0 Å². The van der Waals surface area contributed by atoms with Crippen LogP contribution >= 0.6 is 0 Å². The van der Waals surface area contributed by atoms with Crippen LogP contribution in [0.5, 0.6) is 5.75 Å². The molecule has 0 amide bonds. The SMILES string of the molecule is CC1CC(N)c2cc(F)cc(F)c2O1. The maximum absolute atomic E-state index is 13.3. The molecule has 0 saturated carbocycles. The Morgan fingerprint density at radius 1 is 1.43 bits per heavy atom. The molecular weight excluding hydrogens is 188 g/mol. The predicted octanol–water partition coefficient (Wildman–Crippen LogP) is 2.14. The molecule has 2 unspecified atom stereocenters. The van der Waals surface area contributed by atoms with Gasteiger partial charge in [0.25, 0.3) is 0 Å². The van der Waals surface area contributed by atoms with Gasteiger partial charge < -0.3 is 10.5 Å². The van der Waals surface area contributed by atoms with Gasteiger partial charge in [-0.1, -0.05) is 0 Å². The van der Waals surface area contributed by atoms with Crippen LogP contribution in [-0.2, 0) is 0 Å². The Morgan fingerprint density at radius 3 is 2.86 bits per heavy atom. The first-order valence-electron chi connectivity index (χ1n) is 4.49. The number of fused-ring (bicyclic) bond motifs is 1. The average Bonchev–Trinajstić information content (AvgIpc) is 2.07. The highest BCUT2D eigenvalue weighted by atomic mass is 19.1. The van der Waals surface area contributed by atoms with Gasteiger partial charge in [-0.25, -0.2) is 8.78 Å². The van der Waals surface area contributed by atoms with Gasteiger partial charge in [0.1, 0.15) is 5.82 Å². The van der Waals surface area contributed by atoms with Crippen LogP contribution in [0.15, 0.2) is 12.1 Å². The number of benzene rings is 1. The molecule has 1 aliphatic rings.